The number of anilines is 1. The van der Waals surface area contributed by atoms with Crippen LogP contribution in [0, 0.1) is 0 Å². The number of ether oxygens (including phenoxy) is 1. The molecule has 1 aromatic heterocycles. The predicted molar refractivity (Wildman–Crippen MR) is 104 cm³/mol. The summed E-state index contributed by atoms with van der Waals surface area (Å²) < 4.78 is 5.90. The molecule has 1 N–H and O–H groups in total. The van der Waals surface area contributed by atoms with E-state index in [2.05, 4.69) is 27.4 Å². The van der Waals surface area contributed by atoms with Crippen LogP contribution in [0.25, 0.3) is 10.9 Å². The molecule has 0 spiro atoms. The molecule has 0 aliphatic carbocycles. The average Bonchev–Trinajstić information content (AvgIpc) is 2.72. The Morgan fingerprint density at radius 1 is 0.731 bits per heavy atom. The van der Waals surface area contributed by atoms with Gasteiger partial charge in [-0.05, 0) is 35.4 Å². The second-order valence-electron chi connectivity index (χ2n) is 5.96. The van der Waals surface area contributed by atoms with Gasteiger partial charge in [-0.15, -0.1) is 0 Å². The monoisotopic (exact) mass is 341 g/mol. The Labute approximate surface area is 152 Å². The van der Waals surface area contributed by atoms with E-state index in [0.717, 1.165) is 28.0 Å². The number of para-hydroxylation sites is 2. The summed E-state index contributed by atoms with van der Waals surface area (Å²) in [6.07, 6.45) is 1.59. The standard InChI is InChI=1S/C22H19N3O/c1-2-10-19(11-3-1)26-15-18-9-5-4-8-17(18)14-23-22-20-12-6-7-13-21(20)24-16-25-22/h1-13,16H,14-15H2,(H,23,24,25). The highest BCUT2D eigenvalue weighted by molar-refractivity contribution is 5.88. The van der Waals surface area contributed by atoms with Crippen LogP contribution in [0.2, 0.25) is 0 Å². The van der Waals surface area contributed by atoms with E-state index >= 15 is 0 Å². The van der Waals surface area contributed by atoms with Gasteiger partial charge in [-0.3, -0.25) is 0 Å². The first kappa shape index (κ1) is 16.1. The Morgan fingerprint density at radius 3 is 2.35 bits per heavy atom. The summed E-state index contributed by atoms with van der Waals surface area (Å²) in [4.78, 5) is 8.70. The zero-order valence-corrected chi connectivity index (χ0v) is 14.3. The molecule has 4 nitrogen and oxygen atoms in total. The highest BCUT2D eigenvalue weighted by atomic mass is 16.5. The lowest BCUT2D eigenvalue weighted by Gasteiger charge is -2.13. The Kier molecular flexibility index (Phi) is 4.74. The van der Waals surface area contributed by atoms with E-state index in [4.69, 9.17) is 4.74 Å². The number of hydrogen-bond donors (Lipinski definition) is 1. The van der Waals surface area contributed by atoms with E-state index in [1.165, 1.54) is 5.56 Å². The molecule has 26 heavy (non-hydrogen) atoms. The number of fused-ring (bicyclic) bond motifs is 1. The van der Waals surface area contributed by atoms with Crippen molar-refractivity contribution in [1.29, 1.82) is 0 Å². The van der Waals surface area contributed by atoms with Crippen molar-refractivity contribution in [2.75, 3.05) is 5.32 Å². The van der Waals surface area contributed by atoms with Gasteiger partial charge in [-0.2, -0.15) is 0 Å². The van der Waals surface area contributed by atoms with E-state index in [9.17, 15) is 0 Å². The lowest BCUT2D eigenvalue weighted by atomic mass is 10.1. The summed E-state index contributed by atoms with van der Waals surface area (Å²) in [5, 5.41) is 4.46. The normalized spacial score (nSPS) is 10.6. The maximum atomic E-state index is 5.90. The maximum absolute atomic E-state index is 5.90. The first-order chi connectivity index (χ1) is 12.9. The van der Waals surface area contributed by atoms with E-state index < -0.39 is 0 Å². The molecule has 128 valence electrons. The molecule has 4 aromatic rings. The Bertz CT molecular complexity index is 997. The fraction of sp³-hybridized carbons (Fsp3) is 0.0909. The molecule has 0 fully saturated rings. The molecule has 0 bridgehead atoms. The minimum atomic E-state index is 0.534. The summed E-state index contributed by atoms with van der Waals surface area (Å²) in [5.74, 6) is 1.71. The van der Waals surface area contributed by atoms with Gasteiger partial charge in [0.2, 0.25) is 0 Å². The number of hydrogen-bond acceptors (Lipinski definition) is 4. The van der Waals surface area contributed by atoms with Gasteiger partial charge < -0.3 is 10.1 Å². The first-order valence-corrected chi connectivity index (χ1v) is 8.58. The first-order valence-electron chi connectivity index (χ1n) is 8.58. The van der Waals surface area contributed by atoms with Crippen LogP contribution in [0.15, 0.2) is 85.2 Å². The van der Waals surface area contributed by atoms with Crippen LogP contribution in [0.5, 0.6) is 5.75 Å². The van der Waals surface area contributed by atoms with Crippen LogP contribution in [-0.2, 0) is 13.2 Å². The average molecular weight is 341 g/mol. The Balaban J connectivity index is 1.50. The topological polar surface area (TPSA) is 47.0 Å². The Hall–Kier alpha value is -3.40. The van der Waals surface area contributed by atoms with E-state index in [0.29, 0.717) is 13.2 Å². The minimum Gasteiger partial charge on any atom is -0.489 e. The SMILES string of the molecule is c1ccc(OCc2ccccc2CNc2ncnc3ccccc23)cc1. The largest absolute Gasteiger partial charge is 0.489 e. The Morgan fingerprint density at radius 2 is 1.46 bits per heavy atom. The molecule has 0 amide bonds. The third-order valence-corrected chi connectivity index (χ3v) is 4.25. The molecule has 0 saturated heterocycles. The van der Waals surface area contributed by atoms with Crippen LogP contribution < -0.4 is 10.1 Å². The third kappa shape index (κ3) is 3.64. The van der Waals surface area contributed by atoms with Crippen molar-refractivity contribution in [3.8, 4) is 5.75 Å². The van der Waals surface area contributed by atoms with Crippen molar-refractivity contribution in [2.45, 2.75) is 13.2 Å². The van der Waals surface area contributed by atoms with Gasteiger partial charge in [-0.25, -0.2) is 9.97 Å². The molecule has 0 aliphatic heterocycles. The van der Waals surface area contributed by atoms with Crippen LogP contribution in [0.4, 0.5) is 5.82 Å². The molecule has 4 rings (SSSR count). The van der Waals surface area contributed by atoms with Gasteiger partial charge in [0.1, 0.15) is 24.5 Å². The number of rotatable bonds is 6. The molecular weight excluding hydrogens is 322 g/mol. The molecule has 3 aromatic carbocycles. The van der Waals surface area contributed by atoms with Crippen molar-refractivity contribution in [1.82, 2.24) is 9.97 Å². The van der Waals surface area contributed by atoms with E-state index in [1.54, 1.807) is 6.33 Å². The number of nitrogens with one attached hydrogen (secondary N) is 1. The summed E-state index contributed by atoms with van der Waals surface area (Å²) in [6, 6.07) is 26.1. The summed E-state index contributed by atoms with van der Waals surface area (Å²) in [6.45, 7) is 1.21. The molecule has 0 unspecified atom stereocenters. The second kappa shape index (κ2) is 7.66. The lowest BCUT2D eigenvalue weighted by Crippen LogP contribution is -2.07. The van der Waals surface area contributed by atoms with Crippen LogP contribution in [0.3, 0.4) is 0 Å². The number of benzene rings is 3. The molecule has 0 atom stereocenters. The van der Waals surface area contributed by atoms with Gasteiger partial charge in [-0.1, -0.05) is 54.6 Å². The summed E-state index contributed by atoms with van der Waals surface area (Å²) in [7, 11) is 0. The smallest absolute Gasteiger partial charge is 0.137 e. The molecule has 1 heterocycles. The third-order valence-electron chi connectivity index (χ3n) is 4.25. The second-order valence-corrected chi connectivity index (χ2v) is 5.96. The maximum Gasteiger partial charge on any atom is 0.137 e. The lowest BCUT2D eigenvalue weighted by molar-refractivity contribution is 0.305. The van der Waals surface area contributed by atoms with Gasteiger partial charge >= 0.3 is 0 Å². The van der Waals surface area contributed by atoms with Gasteiger partial charge in [0.05, 0.1) is 5.52 Å². The van der Waals surface area contributed by atoms with Crippen molar-refractivity contribution in [2.24, 2.45) is 0 Å². The van der Waals surface area contributed by atoms with Crippen LogP contribution in [-0.4, -0.2) is 9.97 Å². The summed E-state index contributed by atoms with van der Waals surface area (Å²) >= 11 is 0. The molecule has 0 aliphatic rings. The van der Waals surface area contributed by atoms with Gasteiger partial charge in [0, 0.05) is 11.9 Å². The fourth-order valence-electron chi connectivity index (χ4n) is 2.87. The summed E-state index contributed by atoms with van der Waals surface area (Å²) in [5.41, 5.74) is 3.28. The van der Waals surface area contributed by atoms with E-state index in [-0.39, 0.29) is 0 Å². The minimum absolute atomic E-state index is 0.534. The quantitative estimate of drug-likeness (QED) is 0.546. The van der Waals surface area contributed by atoms with Gasteiger partial charge in [0.25, 0.3) is 0 Å². The zero-order valence-electron chi connectivity index (χ0n) is 14.3. The van der Waals surface area contributed by atoms with Crippen LogP contribution in [0.1, 0.15) is 11.1 Å². The van der Waals surface area contributed by atoms with Crippen molar-refractivity contribution >= 4 is 16.7 Å². The van der Waals surface area contributed by atoms with Crippen molar-refractivity contribution in [3.05, 3.63) is 96.3 Å². The van der Waals surface area contributed by atoms with Crippen molar-refractivity contribution < 1.29 is 4.74 Å². The molecule has 0 radical (unpaired) electrons. The van der Waals surface area contributed by atoms with Crippen LogP contribution >= 0.6 is 0 Å². The van der Waals surface area contributed by atoms with Gasteiger partial charge in [0.15, 0.2) is 0 Å². The van der Waals surface area contributed by atoms with Crippen molar-refractivity contribution in [3.63, 3.8) is 0 Å². The fourth-order valence-corrected chi connectivity index (χ4v) is 2.87. The molecule has 4 heteroatoms. The highest BCUT2D eigenvalue weighted by Gasteiger charge is 2.06. The predicted octanol–water partition coefficient (Wildman–Crippen LogP) is 4.82. The number of nitrogens with zero attached hydrogens (tertiary/aromatic N) is 2. The molecular formula is C22H19N3O. The molecule has 0 saturated carbocycles. The number of aromatic nitrogens is 2. The zero-order chi connectivity index (χ0) is 17.6. The van der Waals surface area contributed by atoms with E-state index in [1.807, 2.05) is 66.7 Å². The highest BCUT2D eigenvalue weighted by Crippen LogP contribution is 2.20.